The highest BCUT2D eigenvalue weighted by Crippen LogP contribution is 2.41. The summed E-state index contributed by atoms with van der Waals surface area (Å²) in [5.74, 6) is 1.34. The third kappa shape index (κ3) is 5.25. The maximum absolute atomic E-state index is 10.9. The van der Waals surface area contributed by atoms with Gasteiger partial charge in [-0.25, -0.2) is 4.68 Å². The van der Waals surface area contributed by atoms with Crippen LogP contribution in [0.4, 0.5) is 5.88 Å². The Balaban J connectivity index is 1.82. The molecule has 2 aromatic heterocycles. The normalized spacial score (nSPS) is 11.7. The van der Waals surface area contributed by atoms with E-state index in [1.165, 1.54) is 36.8 Å². The Hall–Kier alpha value is -4.38. The van der Waals surface area contributed by atoms with Crippen molar-refractivity contribution in [1.29, 1.82) is 0 Å². The second-order valence-electron chi connectivity index (χ2n) is 7.11. The van der Waals surface area contributed by atoms with Gasteiger partial charge in [0.15, 0.2) is 17.3 Å². The second-order valence-corrected chi connectivity index (χ2v) is 7.95. The van der Waals surface area contributed by atoms with Crippen molar-refractivity contribution in [3.05, 3.63) is 86.2 Å². The van der Waals surface area contributed by atoms with E-state index in [2.05, 4.69) is 5.10 Å². The monoisotopic (exact) mass is 494 g/mol. The standard InChI is InChI=1S/C24H22N4O6S/c1-31-20-11-17(12-21(32-2)23(20)33-3)19-15-35-24(25-13-16-7-5-4-6-8-16)27(19)26-14-18-9-10-22(34-18)28(29)30/h4-12,14-15H,13H2,1-3H3. The average molecular weight is 495 g/mol. The Bertz CT molecular complexity index is 1400. The first-order valence-corrected chi connectivity index (χ1v) is 11.3. The summed E-state index contributed by atoms with van der Waals surface area (Å²) >= 11 is 1.40. The molecule has 0 unspecified atom stereocenters. The molecule has 0 aliphatic rings. The molecule has 0 N–H and O–H groups in total. The molecular weight excluding hydrogens is 472 g/mol. The predicted octanol–water partition coefficient (Wildman–Crippen LogP) is 4.73. The number of hydrogen-bond acceptors (Lipinski definition) is 9. The van der Waals surface area contributed by atoms with Gasteiger partial charge in [0.05, 0.1) is 45.8 Å². The minimum atomic E-state index is -0.600. The van der Waals surface area contributed by atoms with Gasteiger partial charge < -0.3 is 18.6 Å². The molecular formula is C24H22N4O6S. The van der Waals surface area contributed by atoms with Crippen molar-refractivity contribution >= 4 is 23.4 Å². The van der Waals surface area contributed by atoms with E-state index in [1.807, 2.05) is 47.8 Å². The first kappa shape index (κ1) is 23.8. The van der Waals surface area contributed by atoms with Crippen LogP contribution in [0.15, 0.2) is 74.5 Å². The molecule has 0 saturated heterocycles. The molecule has 0 bridgehead atoms. The molecule has 0 radical (unpaired) electrons. The van der Waals surface area contributed by atoms with E-state index in [0.29, 0.717) is 34.3 Å². The van der Waals surface area contributed by atoms with Crippen LogP contribution in [-0.2, 0) is 6.54 Å². The average Bonchev–Trinajstić information content (AvgIpc) is 3.53. The summed E-state index contributed by atoms with van der Waals surface area (Å²) < 4.78 is 23.3. The molecule has 0 saturated carbocycles. The van der Waals surface area contributed by atoms with Gasteiger partial charge in [0, 0.05) is 10.9 Å². The van der Waals surface area contributed by atoms with Crippen LogP contribution < -0.4 is 19.0 Å². The number of rotatable bonds is 9. The number of ether oxygens (including phenoxy) is 3. The zero-order valence-corrected chi connectivity index (χ0v) is 20.0. The topological polar surface area (TPSA) is 114 Å². The van der Waals surface area contributed by atoms with Crippen LogP contribution in [0.25, 0.3) is 11.3 Å². The lowest BCUT2D eigenvalue weighted by atomic mass is 10.1. The third-order valence-corrected chi connectivity index (χ3v) is 5.83. The lowest BCUT2D eigenvalue weighted by Gasteiger charge is -2.14. The third-order valence-electron chi connectivity index (χ3n) is 4.98. The molecule has 0 aliphatic carbocycles. The summed E-state index contributed by atoms with van der Waals surface area (Å²) in [6.07, 6.45) is 1.41. The van der Waals surface area contributed by atoms with Crippen LogP contribution in [0.5, 0.6) is 17.2 Å². The molecule has 35 heavy (non-hydrogen) atoms. The summed E-state index contributed by atoms with van der Waals surface area (Å²) in [5, 5.41) is 17.4. The van der Waals surface area contributed by atoms with E-state index in [4.69, 9.17) is 23.6 Å². The SMILES string of the molecule is COc1cc(-c2csc(=NCc3ccccc3)n2N=Cc2ccc([N+](=O)[O-])o2)cc(OC)c1OC. The van der Waals surface area contributed by atoms with Crippen LogP contribution in [0, 0.1) is 10.1 Å². The molecule has 180 valence electrons. The highest BCUT2D eigenvalue weighted by molar-refractivity contribution is 7.07. The number of hydrogen-bond donors (Lipinski definition) is 0. The van der Waals surface area contributed by atoms with Gasteiger partial charge in [0.25, 0.3) is 0 Å². The molecule has 0 amide bonds. The Morgan fingerprint density at radius 1 is 1.06 bits per heavy atom. The highest BCUT2D eigenvalue weighted by atomic mass is 32.1. The van der Waals surface area contributed by atoms with Gasteiger partial charge in [-0.3, -0.25) is 15.1 Å². The van der Waals surface area contributed by atoms with Crippen LogP contribution >= 0.6 is 11.3 Å². The van der Waals surface area contributed by atoms with Crippen molar-refractivity contribution in [3.63, 3.8) is 0 Å². The van der Waals surface area contributed by atoms with E-state index < -0.39 is 4.92 Å². The number of nitrogens with zero attached hydrogens (tertiary/aromatic N) is 4. The van der Waals surface area contributed by atoms with Gasteiger partial charge in [-0.1, -0.05) is 30.3 Å². The highest BCUT2D eigenvalue weighted by Gasteiger charge is 2.17. The number of benzene rings is 2. The molecule has 11 heteroatoms. The number of furan rings is 1. The number of nitro groups is 1. The van der Waals surface area contributed by atoms with Crippen molar-refractivity contribution in [2.45, 2.75) is 6.54 Å². The summed E-state index contributed by atoms with van der Waals surface area (Å²) in [7, 11) is 4.63. The Morgan fingerprint density at radius 2 is 1.77 bits per heavy atom. The van der Waals surface area contributed by atoms with Gasteiger partial charge in [-0.2, -0.15) is 5.10 Å². The minimum absolute atomic E-state index is 0.236. The maximum atomic E-state index is 10.9. The fourth-order valence-corrected chi connectivity index (χ4v) is 4.15. The maximum Gasteiger partial charge on any atom is 0.433 e. The predicted molar refractivity (Wildman–Crippen MR) is 131 cm³/mol. The number of methoxy groups -OCH3 is 3. The fourth-order valence-electron chi connectivity index (χ4n) is 3.31. The number of aromatic nitrogens is 1. The quantitative estimate of drug-likeness (QED) is 0.189. The van der Waals surface area contributed by atoms with Crippen LogP contribution in [0.1, 0.15) is 11.3 Å². The molecule has 0 aliphatic heterocycles. The molecule has 0 atom stereocenters. The van der Waals surface area contributed by atoms with Crippen molar-refractivity contribution < 1.29 is 23.6 Å². The first-order valence-electron chi connectivity index (χ1n) is 10.4. The lowest BCUT2D eigenvalue weighted by Crippen LogP contribution is -2.12. The smallest absolute Gasteiger partial charge is 0.433 e. The molecule has 0 spiro atoms. The van der Waals surface area contributed by atoms with E-state index in [0.717, 1.165) is 11.1 Å². The van der Waals surface area contributed by atoms with Crippen molar-refractivity contribution in [2.75, 3.05) is 21.3 Å². The molecule has 4 rings (SSSR count). The van der Waals surface area contributed by atoms with Crippen LogP contribution in [-0.4, -0.2) is 37.1 Å². The first-order chi connectivity index (χ1) is 17.0. The van der Waals surface area contributed by atoms with E-state index >= 15 is 0 Å². The van der Waals surface area contributed by atoms with Crippen molar-refractivity contribution in [3.8, 4) is 28.5 Å². The van der Waals surface area contributed by atoms with Gasteiger partial charge in [-0.15, -0.1) is 11.3 Å². The number of thiazole rings is 1. The van der Waals surface area contributed by atoms with Gasteiger partial charge in [0.1, 0.15) is 4.92 Å². The summed E-state index contributed by atoms with van der Waals surface area (Å²) in [6.45, 7) is 0.456. The molecule has 2 aromatic carbocycles. The lowest BCUT2D eigenvalue weighted by molar-refractivity contribution is -0.402. The summed E-state index contributed by atoms with van der Waals surface area (Å²) in [6, 6.07) is 16.2. The summed E-state index contributed by atoms with van der Waals surface area (Å²) in [5.41, 5.74) is 2.50. The molecule has 2 heterocycles. The van der Waals surface area contributed by atoms with Crippen molar-refractivity contribution in [1.82, 2.24) is 4.68 Å². The second kappa shape index (κ2) is 10.7. The molecule has 4 aromatic rings. The van der Waals surface area contributed by atoms with Gasteiger partial charge in [-0.05, 0) is 23.8 Å². The largest absolute Gasteiger partial charge is 0.493 e. The van der Waals surface area contributed by atoms with Gasteiger partial charge in [0.2, 0.25) is 10.6 Å². The van der Waals surface area contributed by atoms with E-state index in [-0.39, 0.29) is 11.6 Å². The van der Waals surface area contributed by atoms with Crippen molar-refractivity contribution in [2.24, 2.45) is 10.1 Å². The fraction of sp³-hybridized carbons (Fsp3) is 0.167. The van der Waals surface area contributed by atoms with Crippen LogP contribution in [0.3, 0.4) is 0 Å². The zero-order chi connectivity index (χ0) is 24.8. The van der Waals surface area contributed by atoms with E-state index in [1.54, 1.807) is 18.9 Å². The Kier molecular flexibility index (Phi) is 7.27. The molecule has 10 nitrogen and oxygen atoms in total. The Labute approximate surface area is 204 Å². The van der Waals surface area contributed by atoms with Crippen LogP contribution in [0.2, 0.25) is 0 Å². The Morgan fingerprint density at radius 3 is 2.37 bits per heavy atom. The molecule has 0 fully saturated rings. The van der Waals surface area contributed by atoms with Gasteiger partial charge >= 0.3 is 5.88 Å². The summed E-state index contributed by atoms with van der Waals surface area (Å²) in [4.78, 5) is 15.7. The van der Waals surface area contributed by atoms with E-state index in [9.17, 15) is 10.1 Å². The zero-order valence-electron chi connectivity index (χ0n) is 19.2. The minimum Gasteiger partial charge on any atom is -0.493 e.